The van der Waals surface area contributed by atoms with E-state index in [0.29, 0.717) is 6.42 Å². The fourth-order valence-electron chi connectivity index (χ4n) is 2.54. The van der Waals surface area contributed by atoms with Crippen molar-refractivity contribution in [1.29, 1.82) is 0 Å². The minimum absolute atomic E-state index is 0. The van der Waals surface area contributed by atoms with E-state index in [0.717, 1.165) is 39.7 Å². The van der Waals surface area contributed by atoms with Crippen LogP contribution < -0.4 is 0 Å². The molecule has 0 aliphatic heterocycles. The van der Waals surface area contributed by atoms with Crippen molar-refractivity contribution < 1.29 is 13.2 Å². The second-order valence-electron chi connectivity index (χ2n) is 5.18. The molecule has 22 heavy (non-hydrogen) atoms. The van der Waals surface area contributed by atoms with E-state index in [1.165, 1.54) is 12.1 Å². The second-order valence-corrected chi connectivity index (χ2v) is 5.18. The molecular weight excluding hydrogens is 311 g/mol. The lowest BCUT2D eigenvalue weighted by molar-refractivity contribution is -0.137. The van der Waals surface area contributed by atoms with Crippen molar-refractivity contribution in [3.63, 3.8) is 0 Å². The Bertz CT molecular complexity index is 773. The van der Waals surface area contributed by atoms with E-state index < -0.39 is 11.7 Å². The van der Waals surface area contributed by atoms with E-state index in [-0.39, 0.29) is 12.4 Å². The number of rotatable bonds is 2. The maximum atomic E-state index is 12.5. The van der Waals surface area contributed by atoms with Crippen molar-refractivity contribution >= 4 is 23.3 Å². The fraction of sp³-hybridized carbons (Fsp3) is 0.176. The van der Waals surface area contributed by atoms with Gasteiger partial charge in [0.15, 0.2) is 0 Å². The zero-order chi connectivity index (χ0) is 15.0. The minimum atomic E-state index is -4.28. The largest absolute Gasteiger partial charge is 0.416 e. The summed E-state index contributed by atoms with van der Waals surface area (Å²) in [5.41, 5.74) is 3.59. The minimum Gasteiger partial charge on any atom is -0.361 e. The van der Waals surface area contributed by atoms with E-state index in [1.54, 1.807) is 0 Å². The average molecular weight is 326 g/mol. The number of benzene rings is 2. The van der Waals surface area contributed by atoms with Crippen LogP contribution in [0, 0.1) is 6.92 Å². The van der Waals surface area contributed by atoms with Crippen LogP contribution in [0.25, 0.3) is 10.9 Å². The van der Waals surface area contributed by atoms with Crippen LogP contribution in [-0.2, 0) is 12.6 Å². The van der Waals surface area contributed by atoms with Crippen LogP contribution in [0.15, 0.2) is 48.7 Å². The molecular formula is C17H15ClF3N. The van der Waals surface area contributed by atoms with Crippen LogP contribution in [0.5, 0.6) is 0 Å². The number of H-pyrrole nitrogens is 1. The Hall–Kier alpha value is -1.94. The molecule has 3 rings (SSSR count). The molecule has 0 radical (unpaired) electrons. The number of halogens is 4. The highest BCUT2D eigenvalue weighted by Gasteiger charge is 2.29. The Morgan fingerprint density at radius 1 is 1.00 bits per heavy atom. The SMILES string of the molecule is Cc1cccc2c(Cc3ccc(C(F)(F)F)cc3)c[nH]c12.Cl. The summed E-state index contributed by atoms with van der Waals surface area (Å²) in [6.45, 7) is 2.03. The number of nitrogens with one attached hydrogen (secondary N) is 1. The van der Waals surface area contributed by atoms with Crippen molar-refractivity contribution in [2.75, 3.05) is 0 Å². The Labute approximate surface area is 132 Å². The van der Waals surface area contributed by atoms with Crippen molar-refractivity contribution in [2.24, 2.45) is 0 Å². The number of alkyl halides is 3. The van der Waals surface area contributed by atoms with E-state index in [2.05, 4.69) is 4.98 Å². The highest BCUT2D eigenvalue weighted by molar-refractivity contribution is 5.86. The maximum Gasteiger partial charge on any atom is 0.416 e. The molecule has 3 aromatic rings. The molecule has 0 spiro atoms. The van der Waals surface area contributed by atoms with E-state index >= 15 is 0 Å². The normalized spacial score (nSPS) is 11.5. The molecule has 1 nitrogen and oxygen atoms in total. The van der Waals surface area contributed by atoms with Gasteiger partial charge in [-0.1, -0.05) is 30.3 Å². The molecule has 1 aromatic heterocycles. The van der Waals surface area contributed by atoms with Crippen molar-refractivity contribution in [1.82, 2.24) is 4.98 Å². The fourth-order valence-corrected chi connectivity index (χ4v) is 2.54. The summed E-state index contributed by atoms with van der Waals surface area (Å²) in [5, 5.41) is 1.12. The molecule has 0 bridgehead atoms. The predicted molar refractivity (Wildman–Crippen MR) is 84.5 cm³/mol. The van der Waals surface area contributed by atoms with Gasteiger partial charge in [0, 0.05) is 17.1 Å². The van der Waals surface area contributed by atoms with Crippen LogP contribution in [0.4, 0.5) is 13.2 Å². The van der Waals surface area contributed by atoms with E-state index in [4.69, 9.17) is 0 Å². The third-order valence-corrected chi connectivity index (χ3v) is 3.69. The average Bonchev–Trinajstić information content (AvgIpc) is 2.83. The Kier molecular flexibility index (Phi) is 4.52. The molecule has 1 N–H and O–H groups in total. The molecule has 2 aromatic carbocycles. The third kappa shape index (κ3) is 3.12. The van der Waals surface area contributed by atoms with Gasteiger partial charge in [-0.15, -0.1) is 12.4 Å². The van der Waals surface area contributed by atoms with Gasteiger partial charge in [-0.3, -0.25) is 0 Å². The number of hydrogen-bond acceptors (Lipinski definition) is 0. The van der Waals surface area contributed by atoms with Crippen LogP contribution in [0.1, 0.15) is 22.3 Å². The molecule has 0 fully saturated rings. The highest BCUT2D eigenvalue weighted by Crippen LogP contribution is 2.30. The van der Waals surface area contributed by atoms with Crippen molar-refractivity contribution in [3.8, 4) is 0 Å². The molecule has 0 unspecified atom stereocenters. The van der Waals surface area contributed by atoms with Gasteiger partial charge in [0.1, 0.15) is 0 Å². The monoisotopic (exact) mass is 325 g/mol. The second kappa shape index (κ2) is 6.05. The smallest absolute Gasteiger partial charge is 0.361 e. The first-order valence-electron chi connectivity index (χ1n) is 6.67. The number of aromatic amines is 1. The van der Waals surface area contributed by atoms with Crippen LogP contribution in [0.2, 0.25) is 0 Å². The highest BCUT2D eigenvalue weighted by atomic mass is 35.5. The molecule has 0 aliphatic rings. The number of fused-ring (bicyclic) bond motifs is 1. The van der Waals surface area contributed by atoms with Gasteiger partial charge < -0.3 is 4.98 Å². The Morgan fingerprint density at radius 2 is 1.68 bits per heavy atom. The lowest BCUT2D eigenvalue weighted by atomic mass is 10.0. The quantitative estimate of drug-likeness (QED) is 0.639. The van der Waals surface area contributed by atoms with Gasteiger partial charge in [0.2, 0.25) is 0 Å². The summed E-state index contributed by atoms with van der Waals surface area (Å²) in [6, 6.07) is 11.4. The first-order chi connectivity index (χ1) is 9.95. The number of hydrogen-bond donors (Lipinski definition) is 1. The molecule has 116 valence electrons. The van der Waals surface area contributed by atoms with Gasteiger partial charge >= 0.3 is 6.18 Å². The summed E-state index contributed by atoms with van der Waals surface area (Å²) < 4.78 is 37.6. The molecule has 0 saturated heterocycles. The molecule has 0 atom stereocenters. The number of aryl methyl sites for hydroxylation is 1. The summed E-state index contributed by atoms with van der Waals surface area (Å²) >= 11 is 0. The summed E-state index contributed by atoms with van der Waals surface area (Å²) in [4.78, 5) is 3.23. The summed E-state index contributed by atoms with van der Waals surface area (Å²) in [6.07, 6.45) is -1.74. The van der Waals surface area contributed by atoms with Gasteiger partial charge in [0.25, 0.3) is 0 Å². The van der Waals surface area contributed by atoms with Crippen LogP contribution in [-0.4, -0.2) is 4.98 Å². The third-order valence-electron chi connectivity index (χ3n) is 3.69. The van der Waals surface area contributed by atoms with Gasteiger partial charge in [-0.2, -0.15) is 13.2 Å². The van der Waals surface area contributed by atoms with Crippen molar-refractivity contribution in [2.45, 2.75) is 19.5 Å². The lowest BCUT2D eigenvalue weighted by Gasteiger charge is -2.07. The first-order valence-corrected chi connectivity index (χ1v) is 6.67. The van der Waals surface area contributed by atoms with Gasteiger partial charge in [-0.05, 0) is 42.2 Å². The Balaban J connectivity index is 0.00000176. The topological polar surface area (TPSA) is 15.8 Å². The zero-order valence-corrected chi connectivity index (χ0v) is 12.7. The molecule has 5 heteroatoms. The summed E-state index contributed by atoms with van der Waals surface area (Å²) in [7, 11) is 0. The van der Waals surface area contributed by atoms with Gasteiger partial charge in [0.05, 0.1) is 5.56 Å². The first kappa shape index (κ1) is 16.4. The van der Waals surface area contributed by atoms with Crippen molar-refractivity contribution in [3.05, 3.63) is 70.9 Å². The lowest BCUT2D eigenvalue weighted by Crippen LogP contribution is -2.04. The van der Waals surface area contributed by atoms with E-state index in [1.807, 2.05) is 31.3 Å². The van der Waals surface area contributed by atoms with Gasteiger partial charge in [-0.25, -0.2) is 0 Å². The number of para-hydroxylation sites is 1. The molecule has 1 heterocycles. The van der Waals surface area contributed by atoms with Crippen LogP contribution in [0.3, 0.4) is 0 Å². The molecule has 0 saturated carbocycles. The molecule has 0 amide bonds. The van der Waals surface area contributed by atoms with E-state index in [9.17, 15) is 13.2 Å². The Morgan fingerprint density at radius 3 is 2.32 bits per heavy atom. The van der Waals surface area contributed by atoms with Crippen LogP contribution >= 0.6 is 12.4 Å². The molecule has 0 aliphatic carbocycles. The predicted octanol–water partition coefficient (Wildman–Crippen LogP) is 5.51. The number of aromatic nitrogens is 1. The zero-order valence-electron chi connectivity index (χ0n) is 11.9. The maximum absolute atomic E-state index is 12.5. The standard InChI is InChI=1S/C17H14F3N.ClH/c1-11-3-2-4-15-13(10-21-16(11)15)9-12-5-7-14(8-6-12)17(18,19)20;/h2-8,10,21H,9H2,1H3;1H. The summed E-state index contributed by atoms with van der Waals surface area (Å²) in [5.74, 6) is 0.